The van der Waals surface area contributed by atoms with Gasteiger partial charge in [-0.2, -0.15) is 12.6 Å². The van der Waals surface area contributed by atoms with Gasteiger partial charge in [0.05, 0.1) is 0 Å². The Hall–Kier alpha value is 0.310. The van der Waals surface area contributed by atoms with Gasteiger partial charge in [-0.15, -0.1) is 0 Å². The van der Waals surface area contributed by atoms with Gasteiger partial charge in [0.25, 0.3) is 0 Å². The van der Waals surface area contributed by atoms with Crippen LogP contribution in [-0.4, -0.2) is 19.0 Å². The van der Waals surface area contributed by atoms with Crippen LogP contribution in [0.1, 0.15) is 129 Å². The lowest BCUT2D eigenvalue weighted by atomic mass is 10.1. The first-order valence-corrected chi connectivity index (χ1v) is 12.2. The predicted molar refractivity (Wildman–Crippen MR) is 118 cm³/mol. The Kier molecular flexibility index (Phi) is 24.6. The van der Waals surface area contributed by atoms with Gasteiger partial charge >= 0.3 is 0 Å². The minimum Gasteiger partial charge on any atom is -0.381 e. The molecule has 0 spiro atoms. The van der Waals surface area contributed by atoms with Crippen molar-refractivity contribution >= 4 is 12.6 Å². The second-order valence-electron chi connectivity index (χ2n) is 7.70. The maximum atomic E-state index is 5.77. The Labute approximate surface area is 165 Å². The van der Waals surface area contributed by atoms with Crippen LogP contribution in [0.3, 0.4) is 0 Å². The highest BCUT2D eigenvalue weighted by Gasteiger charge is 1.95. The number of ether oxygens (including phenoxy) is 1. The Morgan fingerprint density at radius 3 is 1.12 bits per heavy atom. The summed E-state index contributed by atoms with van der Waals surface area (Å²) in [5, 5.41) is 0. The van der Waals surface area contributed by atoms with Crippen LogP contribution in [0.4, 0.5) is 0 Å². The molecule has 0 saturated heterocycles. The molecule has 0 amide bonds. The molecular weight excluding hydrogens is 324 g/mol. The molecule has 25 heavy (non-hydrogen) atoms. The van der Waals surface area contributed by atoms with Gasteiger partial charge in [-0.1, -0.05) is 110 Å². The minimum absolute atomic E-state index is 0.988. The molecule has 0 heterocycles. The van der Waals surface area contributed by atoms with Gasteiger partial charge in [-0.25, -0.2) is 0 Å². The van der Waals surface area contributed by atoms with Crippen molar-refractivity contribution in [1.29, 1.82) is 0 Å². The van der Waals surface area contributed by atoms with Crippen LogP contribution in [0, 0.1) is 0 Å². The highest BCUT2D eigenvalue weighted by atomic mass is 32.1. The third-order valence-electron chi connectivity index (χ3n) is 5.09. The summed E-state index contributed by atoms with van der Waals surface area (Å²) in [5.74, 6) is 1.06. The zero-order valence-corrected chi connectivity index (χ0v) is 18.3. The van der Waals surface area contributed by atoms with Gasteiger partial charge in [-0.05, 0) is 25.0 Å². The topological polar surface area (TPSA) is 9.23 Å². The molecule has 0 fully saturated rings. The van der Waals surface area contributed by atoms with Gasteiger partial charge < -0.3 is 4.74 Å². The fourth-order valence-electron chi connectivity index (χ4n) is 3.35. The normalized spacial score (nSPS) is 11.3. The molecule has 0 aromatic carbocycles. The highest BCUT2D eigenvalue weighted by molar-refractivity contribution is 7.80. The Morgan fingerprint density at radius 2 is 0.760 bits per heavy atom. The second kappa shape index (κ2) is 24.3. The monoisotopic (exact) mass is 372 g/mol. The van der Waals surface area contributed by atoms with Crippen molar-refractivity contribution in [2.75, 3.05) is 19.0 Å². The zero-order valence-electron chi connectivity index (χ0n) is 17.4. The van der Waals surface area contributed by atoms with E-state index in [1.807, 2.05) is 0 Å². The van der Waals surface area contributed by atoms with Gasteiger partial charge in [0.2, 0.25) is 0 Å². The van der Waals surface area contributed by atoms with E-state index in [-0.39, 0.29) is 0 Å². The van der Waals surface area contributed by atoms with E-state index in [9.17, 15) is 0 Å². The summed E-state index contributed by atoms with van der Waals surface area (Å²) >= 11 is 4.26. The molecule has 152 valence electrons. The lowest BCUT2D eigenvalue weighted by molar-refractivity contribution is 0.125. The number of hydrogen-bond donors (Lipinski definition) is 1. The summed E-state index contributed by atoms with van der Waals surface area (Å²) < 4.78 is 5.77. The highest BCUT2D eigenvalue weighted by Crippen LogP contribution is 2.12. The van der Waals surface area contributed by atoms with E-state index in [4.69, 9.17) is 4.74 Å². The van der Waals surface area contributed by atoms with Crippen molar-refractivity contribution in [1.82, 2.24) is 0 Å². The Morgan fingerprint density at radius 1 is 0.440 bits per heavy atom. The largest absolute Gasteiger partial charge is 0.381 e. The summed E-state index contributed by atoms with van der Waals surface area (Å²) in [4.78, 5) is 0. The van der Waals surface area contributed by atoms with Crippen molar-refractivity contribution < 1.29 is 4.74 Å². The fraction of sp³-hybridized carbons (Fsp3) is 1.00. The fourth-order valence-corrected chi connectivity index (χ4v) is 3.57. The maximum Gasteiger partial charge on any atom is 0.0466 e. The number of hydrogen-bond acceptors (Lipinski definition) is 2. The van der Waals surface area contributed by atoms with E-state index >= 15 is 0 Å². The van der Waals surface area contributed by atoms with Crippen LogP contribution < -0.4 is 0 Å². The molecule has 1 nitrogen and oxygen atoms in total. The van der Waals surface area contributed by atoms with Crippen molar-refractivity contribution in [2.45, 2.75) is 129 Å². The molecule has 0 atom stereocenters. The molecule has 2 heteroatoms. The van der Waals surface area contributed by atoms with E-state index in [0.717, 1.165) is 19.0 Å². The van der Waals surface area contributed by atoms with Crippen LogP contribution in [0.2, 0.25) is 0 Å². The zero-order chi connectivity index (χ0) is 18.3. The Bertz CT molecular complexity index is 198. The van der Waals surface area contributed by atoms with Crippen LogP contribution in [0.25, 0.3) is 0 Å². The molecule has 0 radical (unpaired) electrons. The summed E-state index contributed by atoms with van der Waals surface area (Å²) in [7, 11) is 0. The van der Waals surface area contributed by atoms with Crippen molar-refractivity contribution in [3.05, 3.63) is 0 Å². The van der Waals surface area contributed by atoms with Crippen molar-refractivity contribution in [2.24, 2.45) is 0 Å². The van der Waals surface area contributed by atoms with Crippen LogP contribution in [0.15, 0.2) is 0 Å². The summed E-state index contributed by atoms with van der Waals surface area (Å²) in [6.07, 6.45) is 26.4. The number of thiol groups is 1. The molecule has 0 rings (SSSR count). The molecular formula is C23H48OS. The molecule has 0 unspecified atom stereocenters. The average Bonchev–Trinajstić information content (AvgIpc) is 2.63. The average molecular weight is 373 g/mol. The van der Waals surface area contributed by atoms with Crippen LogP contribution in [0.5, 0.6) is 0 Å². The summed E-state index contributed by atoms with van der Waals surface area (Å²) in [5.41, 5.74) is 0. The second-order valence-corrected chi connectivity index (χ2v) is 8.15. The molecule has 0 bridgehead atoms. The first-order valence-electron chi connectivity index (χ1n) is 11.6. The van der Waals surface area contributed by atoms with Crippen molar-refractivity contribution in [3.8, 4) is 0 Å². The lowest BCUT2D eigenvalue weighted by Crippen LogP contribution is -1.97. The SMILES string of the molecule is CCCCCCCCCCOCCCCCCCCCCCCCS. The van der Waals surface area contributed by atoms with E-state index in [0.29, 0.717) is 0 Å². The maximum absolute atomic E-state index is 5.77. The molecule has 0 aliphatic rings. The van der Waals surface area contributed by atoms with E-state index in [1.165, 1.54) is 122 Å². The quantitative estimate of drug-likeness (QED) is 0.148. The minimum atomic E-state index is 0.988. The lowest BCUT2D eigenvalue weighted by Gasteiger charge is -2.05. The van der Waals surface area contributed by atoms with E-state index in [1.54, 1.807) is 0 Å². The smallest absolute Gasteiger partial charge is 0.0466 e. The Balaban J connectivity index is 2.94. The molecule has 0 N–H and O–H groups in total. The third-order valence-corrected chi connectivity index (χ3v) is 5.41. The van der Waals surface area contributed by atoms with Gasteiger partial charge in [0, 0.05) is 13.2 Å². The molecule has 0 aromatic heterocycles. The van der Waals surface area contributed by atoms with Crippen LogP contribution >= 0.6 is 12.6 Å². The number of rotatable bonds is 22. The van der Waals surface area contributed by atoms with E-state index < -0.39 is 0 Å². The van der Waals surface area contributed by atoms with Gasteiger partial charge in [-0.3, -0.25) is 0 Å². The first kappa shape index (κ1) is 25.3. The first-order chi connectivity index (χ1) is 12.4. The van der Waals surface area contributed by atoms with E-state index in [2.05, 4.69) is 19.6 Å². The van der Waals surface area contributed by atoms with Gasteiger partial charge in [0.1, 0.15) is 0 Å². The predicted octanol–water partition coefficient (Wildman–Crippen LogP) is 8.36. The number of unbranched alkanes of at least 4 members (excludes halogenated alkanes) is 17. The molecule has 0 saturated carbocycles. The summed E-state index contributed by atoms with van der Waals surface area (Å²) in [6, 6.07) is 0. The molecule has 0 aliphatic carbocycles. The molecule has 0 aromatic rings. The standard InChI is InChI=1S/C23H48OS/c1-2-3-4-5-6-12-15-18-21-24-22-19-16-13-10-8-7-9-11-14-17-20-23-25/h25H,2-23H2,1H3. The third kappa shape index (κ3) is 24.3. The van der Waals surface area contributed by atoms with Crippen molar-refractivity contribution in [3.63, 3.8) is 0 Å². The summed E-state index contributed by atoms with van der Waals surface area (Å²) in [6.45, 7) is 4.26. The van der Waals surface area contributed by atoms with Crippen LogP contribution in [-0.2, 0) is 4.74 Å². The van der Waals surface area contributed by atoms with Gasteiger partial charge in [0.15, 0.2) is 0 Å². The molecule has 0 aliphatic heterocycles.